The number of amides is 1. The molecule has 0 aromatic heterocycles. The van der Waals surface area contributed by atoms with Crippen LogP contribution in [0.2, 0.25) is 0 Å². The molecule has 0 aliphatic carbocycles. The lowest BCUT2D eigenvalue weighted by Gasteiger charge is -2.33. The van der Waals surface area contributed by atoms with E-state index in [0.717, 1.165) is 31.4 Å². The number of sulfonamides is 1. The van der Waals surface area contributed by atoms with Crippen LogP contribution in [0.15, 0.2) is 29.2 Å². The number of benzene rings is 1. The van der Waals surface area contributed by atoms with Crippen LogP contribution in [-0.2, 0) is 19.6 Å². The highest BCUT2D eigenvalue weighted by molar-refractivity contribution is 7.89. The first-order chi connectivity index (χ1) is 12.9. The Balaban J connectivity index is 1.74. The topological polar surface area (TPSA) is 119 Å². The molecule has 9 nitrogen and oxygen atoms in total. The molecule has 0 spiro atoms. The van der Waals surface area contributed by atoms with Gasteiger partial charge in [-0.3, -0.25) is 14.9 Å². The molecule has 2 unspecified atom stereocenters. The summed E-state index contributed by atoms with van der Waals surface area (Å²) in [6, 6.07) is 3.96. The van der Waals surface area contributed by atoms with Crippen LogP contribution < -0.4 is 5.32 Å². The van der Waals surface area contributed by atoms with Gasteiger partial charge in [0, 0.05) is 31.8 Å². The number of nitro groups is 1. The predicted molar refractivity (Wildman–Crippen MR) is 96.6 cm³/mol. The fourth-order valence-corrected chi connectivity index (χ4v) is 5.12. The zero-order valence-corrected chi connectivity index (χ0v) is 15.7. The molecule has 2 aliphatic rings. The van der Waals surface area contributed by atoms with Crippen LogP contribution in [0.3, 0.4) is 0 Å². The fraction of sp³-hybridized carbons (Fsp3) is 0.588. The van der Waals surface area contributed by atoms with Gasteiger partial charge in [-0.15, -0.1) is 0 Å². The van der Waals surface area contributed by atoms with Crippen LogP contribution >= 0.6 is 0 Å². The normalized spacial score (nSPS) is 23.9. The lowest BCUT2D eigenvalue weighted by atomic mass is 10.0. The van der Waals surface area contributed by atoms with E-state index in [1.54, 1.807) is 0 Å². The number of nitro benzene ring substituents is 1. The molecule has 2 heterocycles. The lowest BCUT2D eigenvalue weighted by Crippen LogP contribution is -2.52. The minimum atomic E-state index is -3.92. The fourth-order valence-electron chi connectivity index (χ4n) is 3.47. The monoisotopic (exact) mass is 397 g/mol. The molecule has 0 saturated carbocycles. The van der Waals surface area contributed by atoms with Crippen molar-refractivity contribution < 1.29 is 22.9 Å². The van der Waals surface area contributed by atoms with Gasteiger partial charge >= 0.3 is 0 Å². The van der Waals surface area contributed by atoms with Crippen molar-refractivity contribution in [2.75, 3.05) is 19.7 Å². The molecule has 148 valence electrons. The molecule has 1 amide bonds. The van der Waals surface area contributed by atoms with Crippen LogP contribution in [0.4, 0.5) is 5.69 Å². The largest absolute Gasteiger partial charge is 0.376 e. The molecule has 1 aromatic carbocycles. The Kier molecular flexibility index (Phi) is 6.08. The van der Waals surface area contributed by atoms with Crippen molar-refractivity contribution in [1.29, 1.82) is 0 Å². The first-order valence-corrected chi connectivity index (χ1v) is 10.5. The van der Waals surface area contributed by atoms with Crippen molar-refractivity contribution in [3.63, 3.8) is 0 Å². The van der Waals surface area contributed by atoms with Crippen LogP contribution in [0, 0.1) is 10.1 Å². The second kappa shape index (κ2) is 8.32. The Morgan fingerprint density at radius 1 is 1.22 bits per heavy atom. The van der Waals surface area contributed by atoms with Gasteiger partial charge in [0.25, 0.3) is 5.69 Å². The maximum atomic E-state index is 13.0. The summed E-state index contributed by atoms with van der Waals surface area (Å²) in [6.45, 7) is 1.31. The second-order valence-electron chi connectivity index (χ2n) is 6.76. The predicted octanol–water partition coefficient (Wildman–Crippen LogP) is 1.43. The molecule has 2 fully saturated rings. The van der Waals surface area contributed by atoms with Crippen molar-refractivity contribution in [3.8, 4) is 0 Å². The highest BCUT2D eigenvalue weighted by atomic mass is 32.2. The van der Waals surface area contributed by atoms with E-state index in [2.05, 4.69) is 5.32 Å². The van der Waals surface area contributed by atoms with Gasteiger partial charge in [0.2, 0.25) is 15.9 Å². The van der Waals surface area contributed by atoms with E-state index in [-0.39, 0.29) is 29.1 Å². The van der Waals surface area contributed by atoms with E-state index in [0.29, 0.717) is 26.0 Å². The average molecular weight is 397 g/mol. The molecule has 1 N–H and O–H groups in total. The summed E-state index contributed by atoms with van der Waals surface area (Å²) in [5.41, 5.74) is -0.182. The highest BCUT2D eigenvalue weighted by Crippen LogP contribution is 2.27. The number of ether oxygens (including phenoxy) is 1. The summed E-state index contributed by atoms with van der Waals surface area (Å²) in [5, 5.41) is 13.6. The zero-order chi connectivity index (χ0) is 19.4. The molecule has 27 heavy (non-hydrogen) atoms. The number of carbonyl (C=O) groups excluding carboxylic acids is 1. The Morgan fingerprint density at radius 2 is 1.96 bits per heavy atom. The summed E-state index contributed by atoms with van der Waals surface area (Å²) in [7, 11) is -3.92. The van der Waals surface area contributed by atoms with E-state index in [9.17, 15) is 23.3 Å². The molecular formula is C17H23N3O6S. The Morgan fingerprint density at radius 3 is 2.59 bits per heavy atom. The highest BCUT2D eigenvalue weighted by Gasteiger charge is 2.38. The van der Waals surface area contributed by atoms with E-state index >= 15 is 0 Å². The number of nitrogens with zero attached hydrogens (tertiary/aromatic N) is 2. The first-order valence-electron chi connectivity index (χ1n) is 9.05. The quantitative estimate of drug-likeness (QED) is 0.573. The van der Waals surface area contributed by atoms with Gasteiger partial charge < -0.3 is 10.1 Å². The van der Waals surface area contributed by atoms with Crippen LogP contribution in [0.1, 0.15) is 32.1 Å². The summed E-state index contributed by atoms with van der Waals surface area (Å²) >= 11 is 0. The number of rotatable bonds is 6. The number of non-ortho nitro benzene ring substituents is 1. The van der Waals surface area contributed by atoms with Gasteiger partial charge in [-0.2, -0.15) is 4.31 Å². The van der Waals surface area contributed by atoms with E-state index in [1.165, 1.54) is 16.4 Å². The number of carbonyl (C=O) groups is 1. The third-order valence-electron chi connectivity index (χ3n) is 4.94. The summed E-state index contributed by atoms with van der Waals surface area (Å²) in [6.07, 6.45) is 3.72. The molecule has 10 heteroatoms. The maximum absolute atomic E-state index is 13.0. The molecule has 2 aliphatic heterocycles. The molecule has 0 radical (unpaired) electrons. The Bertz CT molecular complexity index is 789. The van der Waals surface area contributed by atoms with Gasteiger partial charge in [-0.1, -0.05) is 6.42 Å². The Labute approximate surface area is 157 Å². The average Bonchev–Trinajstić information content (AvgIpc) is 3.20. The molecule has 2 atom stereocenters. The number of piperidine rings is 1. The number of hydrogen-bond acceptors (Lipinski definition) is 6. The van der Waals surface area contributed by atoms with Crippen molar-refractivity contribution >= 4 is 21.6 Å². The van der Waals surface area contributed by atoms with Gasteiger partial charge in [0.1, 0.15) is 6.04 Å². The SMILES string of the molecule is O=C(NCC1CCCO1)C1CCCCN1S(=O)(=O)c1ccc([N+](=O)[O-])cc1. The number of nitrogens with one attached hydrogen (secondary N) is 1. The second-order valence-corrected chi connectivity index (χ2v) is 8.65. The van der Waals surface area contributed by atoms with Crippen LogP contribution in [-0.4, -0.2) is 55.4 Å². The third kappa shape index (κ3) is 4.45. The summed E-state index contributed by atoms with van der Waals surface area (Å²) < 4.78 is 32.7. The van der Waals surface area contributed by atoms with Crippen molar-refractivity contribution in [2.24, 2.45) is 0 Å². The van der Waals surface area contributed by atoms with Gasteiger partial charge in [-0.05, 0) is 37.8 Å². The van der Waals surface area contributed by atoms with Gasteiger partial charge in [0.15, 0.2) is 0 Å². The van der Waals surface area contributed by atoms with Gasteiger partial charge in [-0.25, -0.2) is 8.42 Å². The van der Waals surface area contributed by atoms with Crippen molar-refractivity contribution in [3.05, 3.63) is 34.4 Å². The van der Waals surface area contributed by atoms with Crippen LogP contribution in [0.25, 0.3) is 0 Å². The number of hydrogen-bond donors (Lipinski definition) is 1. The molecule has 0 bridgehead atoms. The third-order valence-corrected chi connectivity index (χ3v) is 6.86. The van der Waals surface area contributed by atoms with Crippen molar-refractivity contribution in [2.45, 2.75) is 49.1 Å². The minimum Gasteiger partial charge on any atom is -0.376 e. The maximum Gasteiger partial charge on any atom is 0.269 e. The van der Waals surface area contributed by atoms with Gasteiger partial charge in [0.05, 0.1) is 15.9 Å². The molecule has 3 rings (SSSR count). The van der Waals surface area contributed by atoms with E-state index < -0.39 is 21.0 Å². The lowest BCUT2D eigenvalue weighted by molar-refractivity contribution is -0.384. The standard InChI is InChI=1S/C17H23N3O6S/c21-17(18-12-14-4-3-11-26-14)16-5-1-2-10-19(16)27(24,25)15-8-6-13(7-9-15)20(22)23/h6-9,14,16H,1-5,10-12H2,(H,18,21). The molecule has 2 saturated heterocycles. The Hall–Kier alpha value is -2.04. The summed E-state index contributed by atoms with van der Waals surface area (Å²) in [4.78, 5) is 22.8. The van der Waals surface area contributed by atoms with E-state index in [4.69, 9.17) is 4.74 Å². The zero-order valence-electron chi connectivity index (χ0n) is 14.9. The van der Waals surface area contributed by atoms with E-state index in [1.807, 2.05) is 0 Å². The van der Waals surface area contributed by atoms with Crippen LogP contribution in [0.5, 0.6) is 0 Å². The smallest absolute Gasteiger partial charge is 0.269 e. The molecular weight excluding hydrogens is 374 g/mol. The van der Waals surface area contributed by atoms with Crippen molar-refractivity contribution in [1.82, 2.24) is 9.62 Å². The molecule has 1 aromatic rings. The minimum absolute atomic E-state index is 0.0164. The first kappa shape index (κ1) is 19.7. The summed E-state index contributed by atoms with van der Waals surface area (Å²) in [5.74, 6) is -0.323.